The summed E-state index contributed by atoms with van der Waals surface area (Å²) in [4.78, 5) is 0. The van der Waals surface area contributed by atoms with Gasteiger partial charge in [0.2, 0.25) is 0 Å². The van der Waals surface area contributed by atoms with Crippen molar-refractivity contribution in [3.8, 4) is 0 Å². The largest absolute Gasteiger partial charge is 0.373 e. The smallest absolute Gasteiger partial charge is 0.152 e. The van der Waals surface area contributed by atoms with Crippen molar-refractivity contribution in [3.05, 3.63) is 0 Å². The molecule has 0 amide bonds. The lowest BCUT2D eigenvalue weighted by Gasteiger charge is -2.26. The molecule has 0 bridgehead atoms. The van der Waals surface area contributed by atoms with Crippen LogP contribution in [0.1, 0.15) is 33.6 Å². The first-order valence-corrected chi connectivity index (χ1v) is 7.25. The summed E-state index contributed by atoms with van der Waals surface area (Å²) in [6, 6.07) is 0. The third-order valence-corrected chi connectivity index (χ3v) is 4.36. The molecule has 15 heavy (non-hydrogen) atoms. The molecule has 0 saturated carbocycles. The zero-order chi connectivity index (χ0) is 11.9. The average molecular weight is 237 g/mol. The number of rotatable bonds is 8. The third-order valence-electron chi connectivity index (χ3n) is 2.54. The highest BCUT2D eigenvalue weighted by Gasteiger charge is 2.21. The van der Waals surface area contributed by atoms with Gasteiger partial charge in [0.1, 0.15) is 0 Å². The van der Waals surface area contributed by atoms with E-state index < -0.39 is 9.84 Å². The minimum atomic E-state index is -2.94. The van der Waals surface area contributed by atoms with Gasteiger partial charge in [0.25, 0.3) is 0 Å². The quantitative estimate of drug-likeness (QED) is 0.682. The van der Waals surface area contributed by atoms with E-state index in [4.69, 9.17) is 10.5 Å². The first-order valence-electron chi connectivity index (χ1n) is 5.43. The maximum absolute atomic E-state index is 11.4. The topological polar surface area (TPSA) is 69.4 Å². The molecule has 0 saturated heterocycles. The molecule has 0 aromatic carbocycles. The summed E-state index contributed by atoms with van der Waals surface area (Å²) in [5.74, 6) is 0.332. The molecule has 0 spiro atoms. The summed E-state index contributed by atoms with van der Waals surface area (Å²) in [5, 5.41) is 0. The Balaban J connectivity index is 3.98. The maximum atomic E-state index is 11.4. The Hall–Kier alpha value is -0.130. The second-order valence-corrected chi connectivity index (χ2v) is 6.31. The van der Waals surface area contributed by atoms with Crippen LogP contribution >= 0.6 is 0 Å². The second kappa shape index (κ2) is 6.45. The molecule has 0 aromatic rings. The molecular weight excluding hydrogens is 214 g/mol. The summed E-state index contributed by atoms with van der Waals surface area (Å²) >= 11 is 0. The fraction of sp³-hybridized carbons (Fsp3) is 1.00. The van der Waals surface area contributed by atoms with Crippen LogP contribution in [0.3, 0.4) is 0 Å². The van der Waals surface area contributed by atoms with Gasteiger partial charge in [-0.3, -0.25) is 0 Å². The Bertz CT molecular complexity index is 258. The Kier molecular flexibility index (Phi) is 6.40. The summed E-state index contributed by atoms with van der Waals surface area (Å²) in [6.45, 7) is 6.39. The lowest BCUT2D eigenvalue weighted by molar-refractivity contribution is -0.0191. The molecule has 1 unspecified atom stereocenters. The van der Waals surface area contributed by atoms with Gasteiger partial charge in [0.05, 0.1) is 18.0 Å². The number of hydrogen-bond donors (Lipinski definition) is 1. The molecule has 0 aromatic heterocycles. The highest BCUT2D eigenvalue weighted by atomic mass is 32.2. The van der Waals surface area contributed by atoms with Crippen LogP contribution in [0.5, 0.6) is 0 Å². The number of ether oxygens (including phenoxy) is 1. The van der Waals surface area contributed by atoms with Crippen LogP contribution in [-0.4, -0.2) is 38.7 Å². The van der Waals surface area contributed by atoms with Crippen molar-refractivity contribution in [3.63, 3.8) is 0 Å². The molecule has 0 rings (SSSR count). The molecule has 2 N–H and O–H groups in total. The maximum Gasteiger partial charge on any atom is 0.152 e. The zero-order valence-corrected chi connectivity index (χ0v) is 10.8. The van der Waals surface area contributed by atoms with Gasteiger partial charge >= 0.3 is 0 Å². The zero-order valence-electron chi connectivity index (χ0n) is 9.95. The third kappa shape index (κ3) is 6.12. The second-order valence-electron chi connectivity index (χ2n) is 4.01. The van der Waals surface area contributed by atoms with Gasteiger partial charge < -0.3 is 10.5 Å². The molecule has 4 nitrogen and oxygen atoms in total. The van der Waals surface area contributed by atoms with Crippen molar-refractivity contribution < 1.29 is 13.2 Å². The van der Waals surface area contributed by atoms with Gasteiger partial charge in [-0.05, 0) is 19.8 Å². The number of sulfone groups is 1. The Morgan fingerprint density at radius 1 is 1.27 bits per heavy atom. The fourth-order valence-electron chi connectivity index (χ4n) is 1.13. The predicted octanol–water partition coefficient (Wildman–Crippen LogP) is 0.955. The molecule has 0 radical (unpaired) electrons. The fourth-order valence-corrected chi connectivity index (χ4v) is 2.30. The van der Waals surface area contributed by atoms with Gasteiger partial charge in [-0.2, -0.15) is 0 Å². The van der Waals surface area contributed by atoms with Crippen LogP contribution in [-0.2, 0) is 14.6 Å². The van der Waals surface area contributed by atoms with E-state index in [-0.39, 0.29) is 23.7 Å². The molecule has 0 aliphatic heterocycles. The average Bonchev–Trinajstić information content (AvgIpc) is 2.17. The summed E-state index contributed by atoms with van der Waals surface area (Å²) < 4.78 is 28.3. The van der Waals surface area contributed by atoms with Crippen LogP contribution in [0.2, 0.25) is 0 Å². The molecule has 0 fully saturated rings. The summed E-state index contributed by atoms with van der Waals surface area (Å²) in [5.41, 5.74) is 5.16. The minimum Gasteiger partial charge on any atom is -0.373 e. The minimum absolute atomic E-state index is 0.0937. The normalized spacial score (nSPS) is 16.3. The van der Waals surface area contributed by atoms with Gasteiger partial charge in [0, 0.05) is 12.3 Å². The SMILES string of the molecule is CCCS(=O)(=O)CCOC(C)(CC)CN. The van der Waals surface area contributed by atoms with Crippen molar-refractivity contribution in [2.75, 3.05) is 24.7 Å². The molecule has 0 heterocycles. The molecule has 5 heteroatoms. The molecule has 1 atom stereocenters. The molecule has 92 valence electrons. The van der Waals surface area contributed by atoms with Crippen LogP contribution in [0, 0.1) is 0 Å². The molecule has 0 aliphatic carbocycles. The van der Waals surface area contributed by atoms with Gasteiger partial charge in [-0.25, -0.2) is 8.42 Å². The van der Waals surface area contributed by atoms with Crippen molar-refractivity contribution >= 4 is 9.84 Å². The Morgan fingerprint density at radius 3 is 2.27 bits per heavy atom. The molecule has 0 aliphatic rings. The van der Waals surface area contributed by atoms with Crippen LogP contribution in [0.4, 0.5) is 0 Å². The number of hydrogen-bond acceptors (Lipinski definition) is 4. The van der Waals surface area contributed by atoms with Crippen molar-refractivity contribution in [1.82, 2.24) is 0 Å². The van der Waals surface area contributed by atoms with E-state index in [1.54, 1.807) is 0 Å². The van der Waals surface area contributed by atoms with E-state index >= 15 is 0 Å². The van der Waals surface area contributed by atoms with Crippen LogP contribution in [0.25, 0.3) is 0 Å². The van der Waals surface area contributed by atoms with Crippen molar-refractivity contribution in [2.45, 2.75) is 39.2 Å². The number of nitrogens with two attached hydrogens (primary N) is 1. The van der Waals surface area contributed by atoms with Gasteiger partial charge in [-0.15, -0.1) is 0 Å². The lowest BCUT2D eigenvalue weighted by Crippen LogP contribution is -2.38. The van der Waals surface area contributed by atoms with E-state index in [9.17, 15) is 8.42 Å². The van der Waals surface area contributed by atoms with Crippen molar-refractivity contribution in [2.24, 2.45) is 5.73 Å². The van der Waals surface area contributed by atoms with E-state index in [1.165, 1.54) is 0 Å². The highest BCUT2D eigenvalue weighted by molar-refractivity contribution is 7.91. The first-order chi connectivity index (χ1) is 6.89. The summed E-state index contributed by atoms with van der Waals surface area (Å²) in [7, 11) is -2.94. The van der Waals surface area contributed by atoms with E-state index in [0.29, 0.717) is 13.0 Å². The Morgan fingerprint density at radius 2 is 1.87 bits per heavy atom. The highest BCUT2D eigenvalue weighted by Crippen LogP contribution is 2.13. The van der Waals surface area contributed by atoms with Crippen LogP contribution in [0.15, 0.2) is 0 Å². The van der Waals surface area contributed by atoms with Crippen molar-refractivity contribution in [1.29, 1.82) is 0 Å². The monoisotopic (exact) mass is 237 g/mol. The lowest BCUT2D eigenvalue weighted by atomic mass is 10.0. The summed E-state index contributed by atoms with van der Waals surface area (Å²) in [6.07, 6.45) is 1.45. The molecular formula is C10H23NO3S. The van der Waals surface area contributed by atoms with E-state index in [2.05, 4.69) is 0 Å². The Labute approximate surface area is 93.1 Å². The standard InChI is InChI=1S/C10H23NO3S/c1-4-7-15(12,13)8-6-14-10(3,5-2)9-11/h4-9,11H2,1-3H3. The van der Waals surface area contributed by atoms with E-state index in [0.717, 1.165) is 6.42 Å². The van der Waals surface area contributed by atoms with Gasteiger partial charge in [-0.1, -0.05) is 13.8 Å². The first kappa shape index (κ1) is 14.9. The van der Waals surface area contributed by atoms with E-state index in [1.807, 2.05) is 20.8 Å². The van der Waals surface area contributed by atoms with Crippen LogP contribution < -0.4 is 5.73 Å². The predicted molar refractivity (Wildman–Crippen MR) is 62.6 cm³/mol. The van der Waals surface area contributed by atoms with Gasteiger partial charge in [0.15, 0.2) is 9.84 Å².